The Bertz CT molecular complexity index is 510. The fraction of sp³-hybridized carbons (Fsp3) is 0.600. The van der Waals surface area contributed by atoms with E-state index in [1.54, 1.807) is 11.3 Å². The zero-order chi connectivity index (χ0) is 14.0. The van der Waals surface area contributed by atoms with Crippen LogP contribution in [0.1, 0.15) is 30.6 Å². The molecule has 0 atom stereocenters. The third-order valence-electron chi connectivity index (χ3n) is 4.12. The molecule has 20 heavy (non-hydrogen) atoms. The number of amides is 1. The number of hydrogen-bond acceptors (Lipinski definition) is 4. The van der Waals surface area contributed by atoms with Crippen molar-refractivity contribution in [1.29, 1.82) is 5.26 Å². The van der Waals surface area contributed by atoms with Crippen LogP contribution in [0.25, 0.3) is 0 Å². The van der Waals surface area contributed by atoms with Gasteiger partial charge in [0.1, 0.15) is 5.41 Å². The summed E-state index contributed by atoms with van der Waals surface area (Å²) < 4.78 is 5.32. The molecule has 1 aromatic rings. The minimum absolute atomic E-state index is 0.0131. The van der Waals surface area contributed by atoms with Crippen molar-refractivity contribution in [1.82, 2.24) is 4.90 Å². The van der Waals surface area contributed by atoms with E-state index in [4.69, 9.17) is 4.74 Å². The van der Waals surface area contributed by atoms with Crippen molar-refractivity contribution in [3.63, 3.8) is 0 Å². The summed E-state index contributed by atoms with van der Waals surface area (Å²) in [5, 5.41) is 11.6. The van der Waals surface area contributed by atoms with Crippen LogP contribution >= 0.6 is 11.3 Å². The van der Waals surface area contributed by atoms with E-state index in [9.17, 15) is 10.1 Å². The van der Waals surface area contributed by atoms with Gasteiger partial charge in [0.05, 0.1) is 12.6 Å². The van der Waals surface area contributed by atoms with E-state index in [2.05, 4.69) is 12.1 Å². The molecule has 0 spiro atoms. The van der Waals surface area contributed by atoms with Crippen LogP contribution in [0.3, 0.4) is 0 Å². The van der Waals surface area contributed by atoms with Crippen molar-refractivity contribution in [3.05, 3.63) is 22.4 Å². The lowest BCUT2D eigenvalue weighted by Gasteiger charge is -2.34. The van der Waals surface area contributed by atoms with Gasteiger partial charge in [0.15, 0.2) is 0 Å². The first-order chi connectivity index (χ1) is 9.75. The molecule has 0 N–H and O–H groups in total. The zero-order valence-corrected chi connectivity index (χ0v) is 12.2. The van der Waals surface area contributed by atoms with E-state index in [1.807, 2.05) is 16.3 Å². The van der Waals surface area contributed by atoms with Crippen LogP contribution < -0.4 is 0 Å². The molecule has 0 unspecified atom stereocenters. The van der Waals surface area contributed by atoms with Crippen LogP contribution in [-0.4, -0.2) is 30.1 Å². The first kappa shape index (κ1) is 13.6. The second kappa shape index (κ2) is 5.55. The third kappa shape index (κ3) is 2.58. The number of carbonyl (C=O) groups excluding carboxylic acids is 1. The second-order valence-corrected chi connectivity index (χ2v) is 6.58. The predicted octanol–water partition coefficient (Wildman–Crippen LogP) is 2.56. The molecule has 1 aliphatic carbocycles. The van der Waals surface area contributed by atoms with Gasteiger partial charge in [0.25, 0.3) is 0 Å². The zero-order valence-electron chi connectivity index (χ0n) is 11.4. The SMILES string of the molecule is N#CC1(C(=O)N(Cc2cccs2)C2CC2)CCOCC1. The van der Waals surface area contributed by atoms with E-state index >= 15 is 0 Å². The third-order valence-corrected chi connectivity index (χ3v) is 4.99. The molecule has 1 aromatic heterocycles. The fourth-order valence-electron chi connectivity index (χ4n) is 2.69. The molecule has 1 saturated heterocycles. The molecular formula is C15H18N2O2S. The highest BCUT2D eigenvalue weighted by molar-refractivity contribution is 7.09. The maximum atomic E-state index is 12.9. The van der Waals surface area contributed by atoms with Crippen LogP contribution in [0, 0.1) is 16.7 Å². The summed E-state index contributed by atoms with van der Waals surface area (Å²) in [6.45, 7) is 1.67. The van der Waals surface area contributed by atoms with Gasteiger partial charge in [0.2, 0.25) is 5.91 Å². The summed E-state index contributed by atoms with van der Waals surface area (Å²) in [4.78, 5) is 16.0. The highest BCUT2D eigenvalue weighted by atomic mass is 32.1. The molecule has 3 rings (SSSR count). The summed E-state index contributed by atoms with van der Waals surface area (Å²) in [5.74, 6) is 0.0131. The summed E-state index contributed by atoms with van der Waals surface area (Å²) >= 11 is 1.67. The van der Waals surface area contributed by atoms with Crippen LogP contribution in [0.5, 0.6) is 0 Å². The van der Waals surface area contributed by atoms with Crippen LogP contribution in [-0.2, 0) is 16.1 Å². The van der Waals surface area contributed by atoms with Crippen molar-refractivity contribution >= 4 is 17.2 Å². The highest BCUT2D eigenvalue weighted by Gasteiger charge is 2.46. The molecule has 5 heteroatoms. The quantitative estimate of drug-likeness (QED) is 0.856. The molecule has 1 amide bonds. The number of nitrogens with zero attached hydrogens (tertiary/aromatic N) is 2. The molecule has 2 fully saturated rings. The number of ether oxygens (including phenoxy) is 1. The minimum Gasteiger partial charge on any atom is -0.381 e. The van der Waals surface area contributed by atoms with Crippen molar-refractivity contribution < 1.29 is 9.53 Å². The minimum atomic E-state index is -0.863. The maximum absolute atomic E-state index is 12.9. The van der Waals surface area contributed by atoms with Gasteiger partial charge in [-0.25, -0.2) is 0 Å². The van der Waals surface area contributed by atoms with Gasteiger partial charge in [-0.15, -0.1) is 11.3 Å². The Labute approximate surface area is 123 Å². The summed E-state index contributed by atoms with van der Waals surface area (Å²) in [6, 6.07) is 6.68. The van der Waals surface area contributed by atoms with Gasteiger partial charge in [-0.05, 0) is 37.1 Å². The first-order valence-electron chi connectivity index (χ1n) is 7.08. The topological polar surface area (TPSA) is 53.3 Å². The largest absolute Gasteiger partial charge is 0.381 e. The Morgan fingerprint density at radius 1 is 1.50 bits per heavy atom. The normalized spacial score (nSPS) is 21.1. The lowest BCUT2D eigenvalue weighted by Crippen LogP contribution is -2.46. The molecular weight excluding hydrogens is 272 g/mol. The van der Waals surface area contributed by atoms with Crippen molar-refractivity contribution in [2.75, 3.05) is 13.2 Å². The van der Waals surface area contributed by atoms with Crippen LogP contribution in [0.15, 0.2) is 17.5 Å². The Kier molecular flexibility index (Phi) is 3.77. The van der Waals surface area contributed by atoms with E-state index < -0.39 is 5.41 Å². The van der Waals surface area contributed by atoms with Crippen LogP contribution in [0.2, 0.25) is 0 Å². The predicted molar refractivity (Wildman–Crippen MR) is 76.0 cm³/mol. The molecule has 0 radical (unpaired) electrons. The van der Waals surface area contributed by atoms with Gasteiger partial charge in [-0.2, -0.15) is 5.26 Å². The second-order valence-electron chi connectivity index (χ2n) is 5.55. The molecule has 106 valence electrons. The van der Waals surface area contributed by atoms with Gasteiger partial charge in [-0.3, -0.25) is 4.79 Å². The number of carbonyl (C=O) groups is 1. The molecule has 1 aliphatic heterocycles. The molecule has 0 bridgehead atoms. The van der Waals surface area contributed by atoms with Gasteiger partial charge >= 0.3 is 0 Å². The van der Waals surface area contributed by atoms with Crippen LogP contribution in [0.4, 0.5) is 0 Å². The molecule has 4 nitrogen and oxygen atoms in total. The highest BCUT2D eigenvalue weighted by Crippen LogP contribution is 2.37. The maximum Gasteiger partial charge on any atom is 0.243 e. The van der Waals surface area contributed by atoms with Crippen molar-refractivity contribution in [2.45, 2.75) is 38.3 Å². The molecule has 2 heterocycles. The van der Waals surface area contributed by atoms with E-state index in [0.717, 1.165) is 12.8 Å². The van der Waals surface area contributed by atoms with Gasteiger partial charge < -0.3 is 9.64 Å². The lowest BCUT2D eigenvalue weighted by molar-refractivity contribution is -0.144. The van der Waals surface area contributed by atoms with Crippen molar-refractivity contribution in [2.24, 2.45) is 5.41 Å². The Balaban J connectivity index is 1.79. The summed E-state index contributed by atoms with van der Waals surface area (Å²) in [7, 11) is 0. The standard InChI is InChI=1S/C15H18N2O2S/c16-11-15(5-7-19-8-6-15)14(18)17(12-3-4-12)10-13-2-1-9-20-13/h1-2,9,12H,3-8,10H2. The molecule has 0 aromatic carbocycles. The fourth-order valence-corrected chi connectivity index (χ4v) is 3.39. The van der Waals surface area contributed by atoms with E-state index in [-0.39, 0.29) is 5.91 Å². The monoisotopic (exact) mass is 290 g/mol. The van der Waals surface area contributed by atoms with E-state index in [0.29, 0.717) is 38.6 Å². The van der Waals surface area contributed by atoms with Gasteiger partial charge in [0, 0.05) is 24.1 Å². The molecule has 1 saturated carbocycles. The number of rotatable bonds is 4. The average Bonchev–Trinajstić information content (AvgIpc) is 3.21. The smallest absolute Gasteiger partial charge is 0.243 e. The first-order valence-corrected chi connectivity index (χ1v) is 7.96. The Morgan fingerprint density at radius 3 is 2.80 bits per heavy atom. The number of nitriles is 1. The summed E-state index contributed by atoms with van der Waals surface area (Å²) in [5.41, 5.74) is -0.863. The van der Waals surface area contributed by atoms with E-state index in [1.165, 1.54) is 4.88 Å². The Hall–Kier alpha value is -1.38. The Morgan fingerprint density at radius 2 is 2.25 bits per heavy atom. The summed E-state index contributed by atoms with van der Waals surface area (Å²) in [6.07, 6.45) is 3.18. The number of thiophene rings is 1. The average molecular weight is 290 g/mol. The lowest BCUT2D eigenvalue weighted by atomic mass is 9.80. The molecule has 2 aliphatic rings. The van der Waals surface area contributed by atoms with Crippen molar-refractivity contribution in [3.8, 4) is 6.07 Å². The van der Waals surface area contributed by atoms with Gasteiger partial charge in [-0.1, -0.05) is 6.07 Å². The number of hydrogen-bond donors (Lipinski definition) is 0.